The average Bonchev–Trinajstić information content (AvgIpc) is 2.96. The molecule has 2 heterocycles. The van der Waals surface area contributed by atoms with E-state index in [1.807, 2.05) is 0 Å². The summed E-state index contributed by atoms with van der Waals surface area (Å²) in [5, 5.41) is 15.6. The van der Waals surface area contributed by atoms with Gasteiger partial charge in [-0.05, 0) is 39.7 Å². The van der Waals surface area contributed by atoms with Crippen LogP contribution in [-0.4, -0.2) is 27.9 Å². The maximum atomic E-state index is 4.42. The monoisotopic (exact) mass is 237 g/mol. The van der Waals surface area contributed by atoms with E-state index in [1.54, 1.807) is 0 Å². The highest BCUT2D eigenvalue weighted by atomic mass is 15.4. The van der Waals surface area contributed by atoms with Gasteiger partial charge in [0.1, 0.15) is 0 Å². The van der Waals surface area contributed by atoms with E-state index >= 15 is 0 Å². The molecule has 0 amide bonds. The third-order valence-corrected chi connectivity index (χ3v) is 3.68. The SMILES string of the molecule is CCNc1nnc(C2(CC)CCCN2)n1CC. The number of rotatable bonds is 5. The summed E-state index contributed by atoms with van der Waals surface area (Å²) in [6.07, 6.45) is 3.45. The van der Waals surface area contributed by atoms with Crippen molar-refractivity contribution < 1.29 is 0 Å². The smallest absolute Gasteiger partial charge is 0.224 e. The molecule has 0 radical (unpaired) electrons. The van der Waals surface area contributed by atoms with Crippen molar-refractivity contribution in [2.45, 2.75) is 52.1 Å². The topological polar surface area (TPSA) is 54.8 Å². The van der Waals surface area contributed by atoms with Gasteiger partial charge in [0.2, 0.25) is 5.95 Å². The molecule has 5 nitrogen and oxygen atoms in total. The number of hydrogen-bond acceptors (Lipinski definition) is 4. The van der Waals surface area contributed by atoms with Crippen LogP contribution in [0.4, 0.5) is 5.95 Å². The first-order chi connectivity index (χ1) is 8.27. The van der Waals surface area contributed by atoms with Crippen molar-refractivity contribution in [1.82, 2.24) is 20.1 Å². The molecule has 17 heavy (non-hydrogen) atoms. The molecule has 1 aliphatic heterocycles. The van der Waals surface area contributed by atoms with E-state index in [-0.39, 0.29) is 5.54 Å². The lowest BCUT2D eigenvalue weighted by Gasteiger charge is -2.27. The van der Waals surface area contributed by atoms with Crippen molar-refractivity contribution in [2.24, 2.45) is 0 Å². The summed E-state index contributed by atoms with van der Waals surface area (Å²) in [5.41, 5.74) is 0.0384. The minimum atomic E-state index is 0.0384. The Balaban J connectivity index is 2.36. The van der Waals surface area contributed by atoms with Crippen molar-refractivity contribution in [3.05, 3.63) is 5.82 Å². The Morgan fingerprint density at radius 2 is 2.18 bits per heavy atom. The van der Waals surface area contributed by atoms with Crippen molar-refractivity contribution in [2.75, 3.05) is 18.4 Å². The van der Waals surface area contributed by atoms with E-state index in [4.69, 9.17) is 0 Å². The molecule has 1 aromatic heterocycles. The summed E-state index contributed by atoms with van der Waals surface area (Å²) in [6, 6.07) is 0. The van der Waals surface area contributed by atoms with Gasteiger partial charge in [0.05, 0.1) is 5.54 Å². The number of anilines is 1. The van der Waals surface area contributed by atoms with Crippen LogP contribution >= 0.6 is 0 Å². The highest BCUT2D eigenvalue weighted by Crippen LogP contribution is 2.33. The lowest BCUT2D eigenvalue weighted by molar-refractivity contribution is 0.338. The third kappa shape index (κ3) is 2.04. The maximum absolute atomic E-state index is 4.42. The van der Waals surface area contributed by atoms with Crippen LogP contribution in [0.1, 0.15) is 45.9 Å². The maximum Gasteiger partial charge on any atom is 0.224 e. The molecule has 1 fully saturated rings. The van der Waals surface area contributed by atoms with Gasteiger partial charge in [0, 0.05) is 13.1 Å². The summed E-state index contributed by atoms with van der Waals surface area (Å²) < 4.78 is 2.20. The molecule has 5 heteroatoms. The van der Waals surface area contributed by atoms with Gasteiger partial charge in [0.25, 0.3) is 0 Å². The van der Waals surface area contributed by atoms with E-state index in [0.29, 0.717) is 0 Å². The summed E-state index contributed by atoms with van der Waals surface area (Å²) in [6.45, 7) is 9.32. The molecule has 0 saturated carbocycles. The molecule has 2 rings (SSSR count). The molecule has 96 valence electrons. The highest BCUT2D eigenvalue weighted by molar-refractivity contribution is 5.28. The highest BCUT2D eigenvalue weighted by Gasteiger charge is 2.38. The second kappa shape index (κ2) is 5.04. The minimum absolute atomic E-state index is 0.0384. The van der Waals surface area contributed by atoms with Crippen molar-refractivity contribution in [3.63, 3.8) is 0 Å². The Bertz CT molecular complexity index is 365. The lowest BCUT2D eigenvalue weighted by Crippen LogP contribution is -2.39. The summed E-state index contributed by atoms with van der Waals surface area (Å²) in [5.74, 6) is 1.99. The van der Waals surface area contributed by atoms with Gasteiger partial charge in [-0.1, -0.05) is 6.92 Å². The Morgan fingerprint density at radius 3 is 2.71 bits per heavy atom. The van der Waals surface area contributed by atoms with E-state index in [9.17, 15) is 0 Å². The second-order valence-corrected chi connectivity index (χ2v) is 4.59. The largest absolute Gasteiger partial charge is 0.355 e. The van der Waals surface area contributed by atoms with Crippen LogP contribution < -0.4 is 10.6 Å². The number of nitrogens with zero attached hydrogens (tertiary/aromatic N) is 3. The molecule has 0 spiro atoms. The normalized spacial score (nSPS) is 24.2. The molecule has 1 saturated heterocycles. The van der Waals surface area contributed by atoms with Crippen LogP contribution in [0.2, 0.25) is 0 Å². The quantitative estimate of drug-likeness (QED) is 0.818. The molecular formula is C12H23N5. The Hall–Kier alpha value is -1.10. The van der Waals surface area contributed by atoms with Gasteiger partial charge in [0.15, 0.2) is 5.82 Å². The van der Waals surface area contributed by atoms with Gasteiger partial charge < -0.3 is 10.6 Å². The first-order valence-electron chi connectivity index (χ1n) is 6.70. The average molecular weight is 237 g/mol. The molecule has 1 aliphatic rings. The van der Waals surface area contributed by atoms with Crippen LogP contribution in [-0.2, 0) is 12.1 Å². The fraction of sp³-hybridized carbons (Fsp3) is 0.833. The molecule has 2 N–H and O–H groups in total. The summed E-state index contributed by atoms with van der Waals surface area (Å²) in [7, 11) is 0. The lowest BCUT2D eigenvalue weighted by atomic mass is 9.93. The first kappa shape index (κ1) is 12.4. The summed E-state index contributed by atoms with van der Waals surface area (Å²) >= 11 is 0. The van der Waals surface area contributed by atoms with Crippen LogP contribution in [0.25, 0.3) is 0 Å². The second-order valence-electron chi connectivity index (χ2n) is 4.59. The van der Waals surface area contributed by atoms with E-state index in [2.05, 4.69) is 46.2 Å². The number of aromatic nitrogens is 3. The zero-order valence-corrected chi connectivity index (χ0v) is 11.1. The van der Waals surface area contributed by atoms with E-state index in [1.165, 1.54) is 6.42 Å². The number of hydrogen-bond donors (Lipinski definition) is 2. The molecule has 0 aromatic carbocycles. The molecular weight excluding hydrogens is 214 g/mol. The van der Waals surface area contributed by atoms with E-state index in [0.717, 1.165) is 44.2 Å². The Labute approximate surface area is 103 Å². The van der Waals surface area contributed by atoms with Crippen LogP contribution in [0.3, 0.4) is 0 Å². The molecule has 1 atom stereocenters. The molecule has 0 aliphatic carbocycles. The zero-order valence-electron chi connectivity index (χ0n) is 11.1. The Morgan fingerprint density at radius 1 is 1.35 bits per heavy atom. The van der Waals surface area contributed by atoms with Crippen LogP contribution in [0.5, 0.6) is 0 Å². The van der Waals surface area contributed by atoms with Gasteiger partial charge in [-0.3, -0.25) is 4.57 Å². The van der Waals surface area contributed by atoms with Crippen molar-refractivity contribution >= 4 is 5.95 Å². The summed E-state index contributed by atoms with van der Waals surface area (Å²) in [4.78, 5) is 0. The van der Waals surface area contributed by atoms with Crippen molar-refractivity contribution in [3.8, 4) is 0 Å². The fourth-order valence-corrected chi connectivity index (χ4v) is 2.70. The Kier molecular flexibility index (Phi) is 3.66. The number of nitrogens with one attached hydrogen (secondary N) is 2. The molecule has 0 bridgehead atoms. The zero-order chi connectivity index (χ0) is 12.3. The standard InChI is InChI=1S/C12H23N5/c1-4-12(8-7-9-14-12)10-15-16-11(13-5-2)17(10)6-3/h14H,4-9H2,1-3H3,(H,13,16). The van der Waals surface area contributed by atoms with Gasteiger partial charge in [-0.2, -0.15) is 0 Å². The fourth-order valence-electron chi connectivity index (χ4n) is 2.70. The van der Waals surface area contributed by atoms with Crippen LogP contribution in [0.15, 0.2) is 0 Å². The molecule has 1 unspecified atom stereocenters. The van der Waals surface area contributed by atoms with E-state index < -0.39 is 0 Å². The molecule has 1 aromatic rings. The first-order valence-corrected chi connectivity index (χ1v) is 6.70. The van der Waals surface area contributed by atoms with Crippen molar-refractivity contribution in [1.29, 1.82) is 0 Å². The van der Waals surface area contributed by atoms with Gasteiger partial charge >= 0.3 is 0 Å². The van der Waals surface area contributed by atoms with Crippen LogP contribution in [0, 0.1) is 0 Å². The third-order valence-electron chi connectivity index (χ3n) is 3.68. The van der Waals surface area contributed by atoms with Gasteiger partial charge in [-0.25, -0.2) is 0 Å². The predicted octanol–water partition coefficient (Wildman–Crippen LogP) is 1.72. The minimum Gasteiger partial charge on any atom is -0.355 e. The van der Waals surface area contributed by atoms with Gasteiger partial charge in [-0.15, -0.1) is 10.2 Å². The predicted molar refractivity (Wildman–Crippen MR) is 69.1 cm³/mol.